The molecule has 0 fully saturated rings. The maximum Gasteiger partial charge on any atom is 0.0669 e. The van der Waals surface area contributed by atoms with Crippen molar-refractivity contribution < 1.29 is 0 Å². The van der Waals surface area contributed by atoms with Crippen LogP contribution in [0.1, 0.15) is 49.6 Å². The molecule has 1 N–H and O–H groups in total. The highest BCUT2D eigenvalue weighted by Gasteiger charge is 2.13. The van der Waals surface area contributed by atoms with Gasteiger partial charge < -0.3 is 5.32 Å². The number of nitrogens with zero attached hydrogens (tertiary/aromatic N) is 2. The van der Waals surface area contributed by atoms with E-state index in [0.29, 0.717) is 6.04 Å². The topological polar surface area (TPSA) is 29.9 Å². The van der Waals surface area contributed by atoms with Crippen LogP contribution < -0.4 is 5.32 Å². The SMILES string of the molecule is CCC(C)n1ccc(Cc2cccc3c2NCCC3)n1. The van der Waals surface area contributed by atoms with Gasteiger partial charge in [-0.3, -0.25) is 4.68 Å². The van der Waals surface area contributed by atoms with Crippen molar-refractivity contribution in [3.8, 4) is 0 Å². The van der Waals surface area contributed by atoms with E-state index in [-0.39, 0.29) is 0 Å². The van der Waals surface area contributed by atoms with E-state index in [2.05, 4.69) is 54.3 Å². The second-order valence-electron chi connectivity index (χ2n) is 5.70. The van der Waals surface area contributed by atoms with Gasteiger partial charge in [0.05, 0.1) is 5.69 Å². The van der Waals surface area contributed by atoms with Gasteiger partial charge in [-0.05, 0) is 43.4 Å². The highest BCUT2D eigenvalue weighted by Crippen LogP contribution is 2.27. The normalized spacial score (nSPS) is 15.5. The lowest BCUT2D eigenvalue weighted by Gasteiger charge is -2.21. The molecule has 0 saturated heterocycles. The van der Waals surface area contributed by atoms with Gasteiger partial charge in [0.25, 0.3) is 0 Å². The van der Waals surface area contributed by atoms with Crippen LogP contribution in [0.15, 0.2) is 30.5 Å². The number of benzene rings is 1. The molecule has 3 rings (SSSR count). The van der Waals surface area contributed by atoms with Gasteiger partial charge in [0.2, 0.25) is 0 Å². The number of hydrogen-bond acceptors (Lipinski definition) is 2. The molecule has 3 nitrogen and oxygen atoms in total. The van der Waals surface area contributed by atoms with E-state index < -0.39 is 0 Å². The molecule has 0 amide bonds. The first-order valence-corrected chi connectivity index (χ1v) is 7.66. The number of aryl methyl sites for hydroxylation is 1. The van der Waals surface area contributed by atoms with Gasteiger partial charge in [-0.25, -0.2) is 0 Å². The molecule has 0 radical (unpaired) electrons. The van der Waals surface area contributed by atoms with E-state index in [1.807, 2.05) is 0 Å². The zero-order chi connectivity index (χ0) is 13.9. The number of hydrogen-bond donors (Lipinski definition) is 1. The van der Waals surface area contributed by atoms with Crippen LogP contribution in [0.25, 0.3) is 0 Å². The summed E-state index contributed by atoms with van der Waals surface area (Å²) < 4.78 is 2.08. The standard InChI is InChI=1S/C17H23N3/c1-3-13(2)20-11-9-16(19-20)12-15-7-4-6-14-8-5-10-18-17(14)15/h4,6-7,9,11,13,18H,3,5,8,10,12H2,1-2H3. The average Bonchev–Trinajstić information content (AvgIpc) is 2.95. The maximum atomic E-state index is 4.71. The van der Waals surface area contributed by atoms with E-state index in [4.69, 9.17) is 5.10 Å². The van der Waals surface area contributed by atoms with Gasteiger partial charge in [-0.1, -0.05) is 25.1 Å². The fourth-order valence-electron chi connectivity index (χ4n) is 2.83. The minimum absolute atomic E-state index is 0.478. The Morgan fingerprint density at radius 3 is 3.10 bits per heavy atom. The number of para-hydroxylation sites is 1. The number of nitrogens with one attached hydrogen (secondary N) is 1. The molecule has 2 aromatic rings. The molecule has 0 aliphatic carbocycles. The zero-order valence-corrected chi connectivity index (χ0v) is 12.4. The lowest BCUT2D eigenvalue weighted by molar-refractivity contribution is 0.474. The number of rotatable bonds is 4. The van der Waals surface area contributed by atoms with E-state index in [1.54, 1.807) is 0 Å². The zero-order valence-electron chi connectivity index (χ0n) is 12.4. The summed E-state index contributed by atoms with van der Waals surface area (Å²) >= 11 is 0. The monoisotopic (exact) mass is 269 g/mol. The molecule has 0 bridgehead atoms. The molecule has 1 atom stereocenters. The molecule has 1 aromatic heterocycles. The van der Waals surface area contributed by atoms with Crippen LogP contribution in [-0.2, 0) is 12.8 Å². The van der Waals surface area contributed by atoms with Crippen LogP contribution in [-0.4, -0.2) is 16.3 Å². The van der Waals surface area contributed by atoms with Gasteiger partial charge >= 0.3 is 0 Å². The summed E-state index contributed by atoms with van der Waals surface area (Å²) in [7, 11) is 0. The first-order chi connectivity index (χ1) is 9.78. The molecule has 3 heteroatoms. The van der Waals surface area contributed by atoms with Crippen molar-refractivity contribution in [3.63, 3.8) is 0 Å². The van der Waals surface area contributed by atoms with Crippen molar-refractivity contribution in [2.45, 2.75) is 45.6 Å². The van der Waals surface area contributed by atoms with Crippen LogP contribution in [0.5, 0.6) is 0 Å². The second-order valence-corrected chi connectivity index (χ2v) is 5.70. The van der Waals surface area contributed by atoms with Crippen molar-refractivity contribution in [1.82, 2.24) is 9.78 Å². The minimum Gasteiger partial charge on any atom is -0.385 e. The third-order valence-corrected chi connectivity index (χ3v) is 4.24. The van der Waals surface area contributed by atoms with Crippen LogP contribution in [0.3, 0.4) is 0 Å². The summed E-state index contributed by atoms with van der Waals surface area (Å²) in [5.74, 6) is 0. The first-order valence-electron chi connectivity index (χ1n) is 7.66. The molecule has 1 unspecified atom stereocenters. The Balaban J connectivity index is 1.83. The fourth-order valence-corrected chi connectivity index (χ4v) is 2.83. The van der Waals surface area contributed by atoms with Crippen molar-refractivity contribution in [1.29, 1.82) is 0 Å². The van der Waals surface area contributed by atoms with Crippen LogP contribution in [0.4, 0.5) is 5.69 Å². The molecule has 20 heavy (non-hydrogen) atoms. The number of anilines is 1. The third-order valence-electron chi connectivity index (χ3n) is 4.24. The average molecular weight is 269 g/mol. The molecule has 1 aromatic carbocycles. The van der Waals surface area contributed by atoms with Crippen LogP contribution >= 0.6 is 0 Å². The smallest absolute Gasteiger partial charge is 0.0669 e. The summed E-state index contributed by atoms with van der Waals surface area (Å²) in [5.41, 5.74) is 5.33. The van der Waals surface area contributed by atoms with Gasteiger partial charge in [-0.2, -0.15) is 5.10 Å². The molecule has 106 valence electrons. The predicted octanol–water partition coefficient (Wildman–Crippen LogP) is 3.80. The molecule has 0 saturated carbocycles. The van der Waals surface area contributed by atoms with Gasteiger partial charge in [0.1, 0.15) is 0 Å². The largest absolute Gasteiger partial charge is 0.385 e. The van der Waals surface area contributed by atoms with Crippen molar-refractivity contribution in [2.75, 3.05) is 11.9 Å². The van der Waals surface area contributed by atoms with Gasteiger partial charge in [-0.15, -0.1) is 0 Å². The summed E-state index contributed by atoms with van der Waals surface area (Å²) in [6, 6.07) is 9.26. The van der Waals surface area contributed by atoms with Crippen molar-refractivity contribution in [3.05, 3.63) is 47.3 Å². The Morgan fingerprint density at radius 2 is 2.25 bits per heavy atom. The van der Waals surface area contributed by atoms with E-state index in [0.717, 1.165) is 25.1 Å². The lowest BCUT2D eigenvalue weighted by Crippen LogP contribution is -2.14. The Morgan fingerprint density at radius 1 is 1.35 bits per heavy atom. The summed E-state index contributed by atoms with van der Waals surface area (Å²) in [6.45, 7) is 5.50. The minimum atomic E-state index is 0.478. The van der Waals surface area contributed by atoms with Gasteiger partial charge in [0, 0.05) is 30.9 Å². The van der Waals surface area contributed by atoms with E-state index in [1.165, 1.54) is 29.7 Å². The fraction of sp³-hybridized carbons (Fsp3) is 0.471. The molecule has 0 spiro atoms. The Bertz CT molecular complexity index is 586. The van der Waals surface area contributed by atoms with Crippen LogP contribution in [0, 0.1) is 0 Å². The van der Waals surface area contributed by atoms with E-state index in [9.17, 15) is 0 Å². The Kier molecular flexibility index (Phi) is 3.77. The first kappa shape index (κ1) is 13.2. The molecule has 1 aliphatic heterocycles. The molecule has 1 aliphatic rings. The molecule has 2 heterocycles. The van der Waals surface area contributed by atoms with Crippen molar-refractivity contribution >= 4 is 5.69 Å². The predicted molar refractivity (Wildman–Crippen MR) is 83.3 cm³/mol. The van der Waals surface area contributed by atoms with Crippen LogP contribution in [0.2, 0.25) is 0 Å². The Hall–Kier alpha value is -1.77. The Labute approximate surface area is 121 Å². The molecular weight excluding hydrogens is 246 g/mol. The highest BCUT2D eigenvalue weighted by atomic mass is 15.3. The summed E-state index contributed by atoms with van der Waals surface area (Å²) in [6.07, 6.45) is 6.56. The highest BCUT2D eigenvalue weighted by molar-refractivity contribution is 5.60. The third kappa shape index (κ3) is 2.58. The number of fused-ring (bicyclic) bond motifs is 1. The second kappa shape index (κ2) is 5.70. The lowest BCUT2D eigenvalue weighted by atomic mass is 9.97. The maximum absolute atomic E-state index is 4.71. The van der Waals surface area contributed by atoms with Gasteiger partial charge in [0.15, 0.2) is 0 Å². The quantitative estimate of drug-likeness (QED) is 0.915. The van der Waals surface area contributed by atoms with Crippen molar-refractivity contribution in [2.24, 2.45) is 0 Å². The number of aromatic nitrogens is 2. The van der Waals surface area contributed by atoms with E-state index >= 15 is 0 Å². The summed E-state index contributed by atoms with van der Waals surface area (Å²) in [4.78, 5) is 0. The summed E-state index contributed by atoms with van der Waals surface area (Å²) in [5, 5.41) is 8.27. The molecular formula is C17H23N3.